The minimum Gasteiger partial charge on any atom is -0.393 e. The molecule has 0 bridgehead atoms. The van der Waals surface area contributed by atoms with E-state index in [1.54, 1.807) is 5.57 Å². The van der Waals surface area contributed by atoms with E-state index in [2.05, 4.69) is 13.0 Å². The Morgan fingerprint density at radius 1 is 1.04 bits per heavy atom. The molecule has 5 rings (SSSR count). The van der Waals surface area contributed by atoms with Crippen molar-refractivity contribution < 1.29 is 14.6 Å². The van der Waals surface area contributed by atoms with Crippen LogP contribution in [0.25, 0.3) is 0 Å². The molecule has 0 aromatic heterocycles. The molecule has 3 saturated carbocycles. The second-order valence-electron chi connectivity index (χ2n) is 9.02. The number of aliphatic hydroxyl groups is 1. The first-order chi connectivity index (χ1) is 11.1. The lowest BCUT2D eigenvalue weighted by molar-refractivity contribution is -0.176. The van der Waals surface area contributed by atoms with Crippen molar-refractivity contribution in [2.24, 2.45) is 29.1 Å². The van der Waals surface area contributed by atoms with Crippen molar-refractivity contribution in [2.45, 2.75) is 70.2 Å². The number of fused-ring (bicyclic) bond motifs is 5. The van der Waals surface area contributed by atoms with Crippen LogP contribution in [0.2, 0.25) is 0 Å². The molecule has 6 unspecified atom stereocenters. The van der Waals surface area contributed by atoms with Gasteiger partial charge in [-0.05, 0) is 67.6 Å². The van der Waals surface area contributed by atoms with E-state index in [1.807, 2.05) is 0 Å². The molecule has 4 fully saturated rings. The van der Waals surface area contributed by atoms with Crippen LogP contribution in [0.15, 0.2) is 11.6 Å². The number of ether oxygens (including phenoxy) is 2. The molecule has 1 aliphatic heterocycles. The van der Waals surface area contributed by atoms with Crippen LogP contribution in [0.5, 0.6) is 0 Å². The second-order valence-corrected chi connectivity index (χ2v) is 9.02. The highest BCUT2D eigenvalue weighted by Gasteiger charge is 2.56. The third-order valence-electron chi connectivity index (χ3n) is 8.21. The Bertz CT molecular complexity index is 521. The van der Waals surface area contributed by atoms with E-state index in [0.717, 1.165) is 56.1 Å². The number of hydrogen-bond acceptors (Lipinski definition) is 3. The predicted octanol–water partition coefficient (Wildman–Crippen LogP) is 3.66. The molecule has 3 heteroatoms. The highest BCUT2D eigenvalue weighted by Crippen LogP contribution is 2.62. The molecule has 1 heterocycles. The Labute approximate surface area is 139 Å². The Morgan fingerprint density at radius 2 is 1.87 bits per heavy atom. The Balaban J connectivity index is 1.41. The van der Waals surface area contributed by atoms with E-state index in [0.29, 0.717) is 0 Å². The van der Waals surface area contributed by atoms with Gasteiger partial charge < -0.3 is 14.6 Å². The highest BCUT2D eigenvalue weighted by atomic mass is 16.7. The number of allylic oxidation sites excluding steroid dienone is 1. The third-order valence-corrected chi connectivity index (χ3v) is 8.21. The van der Waals surface area contributed by atoms with Crippen LogP contribution in [-0.2, 0) is 9.47 Å². The maximum atomic E-state index is 10.5. The minimum atomic E-state index is -0.276. The zero-order valence-electron chi connectivity index (χ0n) is 14.3. The molecule has 0 amide bonds. The normalized spacial score (nSPS) is 51.0. The van der Waals surface area contributed by atoms with E-state index in [-0.39, 0.29) is 17.3 Å². The zero-order chi connectivity index (χ0) is 15.7. The molecule has 1 saturated heterocycles. The van der Waals surface area contributed by atoms with Crippen LogP contribution in [0.1, 0.15) is 58.3 Å². The fourth-order valence-corrected chi connectivity index (χ4v) is 6.96. The Kier molecular flexibility index (Phi) is 3.28. The molecule has 1 spiro atoms. The average molecular weight is 318 g/mol. The van der Waals surface area contributed by atoms with Gasteiger partial charge in [0.05, 0.1) is 19.3 Å². The van der Waals surface area contributed by atoms with Gasteiger partial charge in [0, 0.05) is 12.8 Å². The van der Waals surface area contributed by atoms with Gasteiger partial charge in [0.15, 0.2) is 5.79 Å². The summed E-state index contributed by atoms with van der Waals surface area (Å²) in [5, 5.41) is 10.5. The molecular formula is C20H30O3. The molecule has 5 aliphatic rings. The van der Waals surface area contributed by atoms with Crippen molar-refractivity contribution in [1.29, 1.82) is 0 Å². The zero-order valence-corrected chi connectivity index (χ0v) is 14.3. The first kappa shape index (κ1) is 14.9. The Hall–Kier alpha value is -0.380. The monoisotopic (exact) mass is 318 g/mol. The SMILES string of the molecule is CC12CCC3C4CCC5(CC4=CCC3C1CCC2O)OCCO5. The first-order valence-corrected chi connectivity index (χ1v) is 9.76. The number of aliphatic hydroxyl groups excluding tert-OH is 1. The summed E-state index contributed by atoms with van der Waals surface area (Å²) in [5.74, 6) is 2.87. The van der Waals surface area contributed by atoms with E-state index in [9.17, 15) is 5.11 Å². The van der Waals surface area contributed by atoms with E-state index >= 15 is 0 Å². The van der Waals surface area contributed by atoms with Gasteiger partial charge in [-0.25, -0.2) is 0 Å². The van der Waals surface area contributed by atoms with Crippen molar-refractivity contribution in [3.63, 3.8) is 0 Å². The summed E-state index contributed by atoms with van der Waals surface area (Å²) in [4.78, 5) is 0. The Morgan fingerprint density at radius 3 is 2.70 bits per heavy atom. The van der Waals surface area contributed by atoms with Gasteiger partial charge in [-0.2, -0.15) is 0 Å². The maximum Gasteiger partial charge on any atom is 0.172 e. The van der Waals surface area contributed by atoms with Gasteiger partial charge in [0.2, 0.25) is 0 Å². The van der Waals surface area contributed by atoms with Crippen LogP contribution < -0.4 is 0 Å². The number of rotatable bonds is 0. The molecule has 23 heavy (non-hydrogen) atoms. The molecular weight excluding hydrogens is 288 g/mol. The second kappa shape index (κ2) is 5.06. The van der Waals surface area contributed by atoms with Crippen molar-refractivity contribution in [2.75, 3.05) is 13.2 Å². The predicted molar refractivity (Wildman–Crippen MR) is 87.7 cm³/mol. The van der Waals surface area contributed by atoms with E-state index in [4.69, 9.17) is 9.47 Å². The summed E-state index contributed by atoms with van der Waals surface area (Å²) in [6.45, 7) is 3.89. The summed E-state index contributed by atoms with van der Waals surface area (Å²) in [7, 11) is 0. The van der Waals surface area contributed by atoms with Crippen LogP contribution in [0.3, 0.4) is 0 Å². The van der Waals surface area contributed by atoms with Crippen LogP contribution in [0.4, 0.5) is 0 Å². The van der Waals surface area contributed by atoms with Gasteiger partial charge in [0.25, 0.3) is 0 Å². The molecule has 0 aromatic carbocycles. The summed E-state index contributed by atoms with van der Waals surface area (Å²) < 4.78 is 11.9. The van der Waals surface area contributed by atoms with Crippen molar-refractivity contribution in [3.05, 3.63) is 11.6 Å². The summed E-state index contributed by atoms with van der Waals surface area (Å²) in [6, 6.07) is 0. The molecule has 4 aliphatic carbocycles. The lowest BCUT2D eigenvalue weighted by atomic mass is 9.52. The first-order valence-electron chi connectivity index (χ1n) is 9.76. The molecule has 0 aromatic rings. The third kappa shape index (κ3) is 2.06. The summed E-state index contributed by atoms with van der Waals surface area (Å²) >= 11 is 0. The average Bonchev–Trinajstić information content (AvgIpc) is 3.12. The van der Waals surface area contributed by atoms with Gasteiger partial charge in [-0.3, -0.25) is 0 Å². The molecule has 1 N–H and O–H groups in total. The van der Waals surface area contributed by atoms with Gasteiger partial charge in [-0.15, -0.1) is 0 Å². The smallest absolute Gasteiger partial charge is 0.172 e. The molecule has 3 nitrogen and oxygen atoms in total. The fourth-order valence-electron chi connectivity index (χ4n) is 6.96. The van der Waals surface area contributed by atoms with Gasteiger partial charge >= 0.3 is 0 Å². The lowest BCUT2D eigenvalue weighted by Crippen LogP contribution is -2.48. The fraction of sp³-hybridized carbons (Fsp3) is 0.900. The van der Waals surface area contributed by atoms with Crippen LogP contribution in [0, 0.1) is 29.1 Å². The standard InChI is InChI=1S/C20H30O3/c1-19-8-6-15-14-7-9-20(22-10-11-23-20)12-13(14)2-3-16(15)17(19)4-5-18(19)21/h2,14-18,21H,3-12H2,1H3. The van der Waals surface area contributed by atoms with Crippen molar-refractivity contribution in [3.8, 4) is 0 Å². The highest BCUT2D eigenvalue weighted by molar-refractivity contribution is 5.21. The van der Waals surface area contributed by atoms with Crippen molar-refractivity contribution >= 4 is 0 Å². The van der Waals surface area contributed by atoms with E-state index in [1.165, 1.54) is 32.1 Å². The quantitative estimate of drug-likeness (QED) is 0.693. The molecule has 6 atom stereocenters. The summed E-state index contributed by atoms with van der Waals surface area (Å²) in [5.41, 5.74) is 1.82. The largest absolute Gasteiger partial charge is 0.393 e. The molecule has 128 valence electrons. The topological polar surface area (TPSA) is 38.7 Å². The summed E-state index contributed by atoms with van der Waals surface area (Å²) in [6.07, 6.45) is 11.8. The maximum absolute atomic E-state index is 10.5. The van der Waals surface area contributed by atoms with Crippen LogP contribution in [-0.4, -0.2) is 30.2 Å². The lowest BCUT2D eigenvalue weighted by Gasteiger charge is -2.53. The van der Waals surface area contributed by atoms with E-state index < -0.39 is 0 Å². The van der Waals surface area contributed by atoms with Gasteiger partial charge in [0.1, 0.15) is 0 Å². The number of hydrogen-bond donors (Lipinski definition) is 1. The molecule has 0 radical (unpaired) electrons. The van der Waals surface area contributed by atoms with Crippen molar-refractivity contribution in [1.82, 2.24) is 0 Å². The minimum absolute atomic E-state index is 0.0614. The van der Waals surface area contributed by atoms with Crippen LogP contribution >= 0.6 is 0 Å². The van der Waals surface area contributed by atoms with Gasteiger partial charge in [-0.1, -0.05) is 18.6 Å².